The van der Waals surface area contributed by atoms with E-state index in [0.29, 0.717) is 0 Å². The van der Waals surface area contributed by atoms with E-state index in [4.69, 9.17) is 20.2 Å². The Hall–Kier alpha value is -1.61. The van der Waals surface area contributed by atoms with Gasteiger partial charge in [-0.25, -0.2) is 17.2 Å². The minimum Gasteiger partial charge on any atom is -0.496 e. The smallest absolute Gasteiger partial charge is 0.265 e. The van der Waals surface area contributed by atoms with Crippen LogP contribution in [0, 0.1) is 0 Å². The van der Waals surface area contributed by atoms with Gasteiger partial charge in [-0.1, -0.05) is 0 Å². The van der Waals surface area contributed by atoms with Crippen LogP contribution in [-0.4, -0.2) is 41.5 Å². The molecule has 0 fully saturated rings. The van der Waals surface area contributed by atoms with Gasteiger partial charge >= 0.3 is 0 Å². The number of hydrogen-bond acceptors (Lipinski definition) is 5. The average Bonchev–Trinajstić information content (AvgIpc) is 2.41. The zero-order valence-electron chi connectivity index (χ0n) is 11.0. The summed E-state index contributed by atoms with van der Waals surface area (Å²) in [5.41, 5.74) is -0.331. The molecule has 0 saturated heterocycles. The van der Waals surface area contributed by atoms with E-state index in [1.165, 1.54) is 13.2 Å². The zero-order chi connectivity index (χ0) is 16.2. The number of carbonyl (C=O) groups excluding carboxylic acids is 1. The highest BCUT2D eigenvalue weighted by molar-refractivity contribution is 8.13. The predicted molar refractivity (Wildman–Crippen MR) is 70.9 cm³/mol. The Morgan fingerprint density at radius 3 is 2.38 bits per heavy atom. The molecule has 118 valence electrons. The average molecular weight is 344 g/mol. The van der Waals surface area contributed by atoms with Crippen molar-refractivity contribution in [2.75, 3.05) is 20.8 Å². The van der Waals surface area contributed by atoms with Crippen LogP contribution in [0.25, 0.3) is 0 Å². The number of carbonyl (C=O) groups is 1. The fourth-order valence-corrected chi connectivity index (χ4v) is 2.59. The van der Waals surface area contributed by atoms with Crippen molar-refractivity contribution in [1.82, 2.24) is 5.32 Å². The van der Waals surface area contributed by atoms with Crippen molar-refractivity contribution in [2.24, 2.45) is 0 Å². The number of benzene rings is 1. The van der Waals surface area contributed by atoms with Gasteiger partial charge < -0.3 is 14.8 Å². The van der Waals surface area contributed by atoms with E-state index in [0.717, 1.165) is 13.2 Å². The van der Waals surface area contributed by atoms with Crippen molar-refractivity contribution in [3.63, 3.8) is 0 Å². The molecule has 1 amide bonds. The maximum absolute atomic E-state index is 12.2. The van der Waals surface area contributed by atoms with Crippen molar-refractivity contribution in [3.05, 3.63) is 17.7 Å². The van der Waals surface area contributed by atoms with Gasteiger partial charge in [0.2, 0.25) is 0 Å². The fourth-order valence-electron chi connectivity index (χ4n) is 1.58. The molecule has 0 radical (unpaired) electrons. The zero-order valence-corrected chi connectivity index (χ0v) is 12.6. The van der Waals surface area contributed by atoms with Gasteiger partial charge in [-0.2, -0.15) is 0 Å². The van der Waals surface area contributed by atoms with Crippen LogP contribution >= 0.6 is 10.7 Å². The van der Waals surface area contributed by atoms with Gasteiger partial charge in [-0.3, -0.25) is 4.79 Å². The van der Waals surface area contributed by atoms with Crippen molar-refractivity contribution >= 4 is 25.6 Å². The van der Waals surface area contributed by atoms with E-state index in [9.17, 15) is 22.0 Å². The third-order valence-electron chi connectivity index (χ3n) is 2.41. The lowest BCUT2D eigenvalue weighted by Crippen LogP contribution is -2.29. The Morgan fingerprint density at radius 1 is 1.33 bits per heavy atom. The molecule has 0 aliphatic heterocycles. The number of hydrogen-bond donors (Lipinski definition) is 1. The number of halogens is 3. The lowest BCUT2D eigenvalue weighted by atomic mass is 10.1. The molecule has 0 atom stereocenters. The van der Waals surface area contributed by atoms with Crippen LogP contribution in [0.1, 0.15) is 10.4 Å². The third-order valence-corrected chi connectivity index (χ3v) is 3.76. The summed E-state index contributed by atoms with van der Waals surface area (Å²) in [7, 11) is 3.39. The second kappa shape index (κ2) is 6.90. The Balaban J connectivity index is 3.42. The lowest BCUT2D eigenvalue weighted by Gasteiger charge is -2.15. The van der Waals surface area contributed by atoms with Crippen LogP contribution < -0.4 is 14.8 Å². The molecular weight excluding hydrogens is 332 g/mol. The van der Waals surface area contributed by atoms with Gasteiger partial charge in [0.15, 0.2) is 5.75 Å². The van der Waals surface area contributed by atoms with Gasteiger partial charge in [0.1, 0.15) is 16.2 Å². The maximum atomic E-state index is 12.2. The molecule has 0 unspecified atom stereocenters. The number of alkyl halides is 2. The monoisotopic (exact) mass is 343 g/mol. The van der Waals surface area contributed by atoms with Crippen LogP contribution in [0.4, 0.5) is 8.78 Å². The van der Waals surface area contributed by atoms with Crippen molar-refractivity contribution in [3.8, 4) is 11.5 Å². The molecular formula is C11H12ClF2NO5S. The molecule has 1 aromatic carbocycles. The number of nitrogens with one attached hydrogen (secondary N) is 1. The molecule has 0 heterocycles. The molecule has 0 spiro atoms. The van der Waals surface area contributed by atoms with Gasteiger partial charge in [-0.15, -0.1) is 0 Å². The maximum Gasteiger partial charge on any atom is 0.265 e. The first-order valence-corrected chi connectivity index (χ1v) is 7.79. The molecule has 0 aromatic heterocycles. The van der Waals surface area contributed by atoms with Gasteiger partial charge in [-0.05, 0) is 12.1 Å². The molecule has 1 N–H and O–H groups in total. The summed E-state index contributed by atoms with van der Waals surface area (Å²) in [6.45, 7) is -0.900. The first-order valence-electron chi connectivity index (χ1n) is 5.48. The topological polar surface area (TPSA) is 81.7 Å². The quantitative estimate of drug-likeness (QED) is 0.794. The van der Waals surface area contributed by atoms with Gasteiger partial charge in [0.25, 0.3) is 21.4 Å². The van der Waals surface area contributed by atoms with Crippen molar-refractivity contribution in [2.45, 2.75) is 11.3 Å². The first-order chi connectivity index (χ1) is 9.72. The third kappa shape index (κ3) is 4.18. The summed E-state index contributed by atoms with van der Waals surface area (Å²) < 4.78 is 57.0. The molecule has 1 aromatic rings. The van der Waals surface area contributed by atoms with E-state index in [1.807, 2.05) is 5.32 Å². The van der Waals surface area contributed by atoms with Crippen LogP contribution in [0.5, 0.6) is 11.5 Å². The Bertz CT molecular complexity index is 636. The Labute approximate surface area is 124 Å². The van der Waals surface area contributed by atoms with Crippen LogP contribution in [0.3, 0.4) is 0 Å². The summed E-state index contributed by atoms with van der Waals surface area (Å²) >= 11 is 0. The summed E-state index contributed by atoms with van der Waals surface area (Å²) in [5.74, 6) is -1.38. The molecule has 0 aliphatic carbocycles. The Kier molecular flexibility index (Phi) is 5.73. The van der Waals surface area contributed by atoms with Crippen LogP contribution in [-0.2, 0) is 9.05 Å². The van der Waals surface area contributed by atoms with Gasteiger partial charge in [0.05, 0.1) is 20.8 Å². The number of rotatable bonds is 6. The minimum atomic E-state index is -4.19. The van der Waals surface area contributed by atoms with E-state index in [1.54, 1.807) is 0 Å². The summed E-state index contributed by atoms with van der Waals surface area (Å²) in [6.07, 6.45) is -2.76. The van der Waals surface area contributed by atoms with E-state index < -0.39 is 32.8 Å². The van der Waals surface area contributed by atoms with E-state index >= 15 is 0 Å². The SMILES string of the molecule is COc1ccc(S(=O)(=O)Cl)c(OC)c1C(=O)NCC(F)F. The molecule has 21 heavy (non-hydrogen) atoms. The van der Waals surface area contributed by atoms with Crippen LogP contribution in [0.15, 0.2) is 17.0 Å². The normalized spacial score (nSPS) is 11.3. The molecule has 1 rings (SSSR count). The van der Waals surface area contributed by atoms with Crippen molar-refractivity contribution < 1.29 is 31.5 Å². The highest BCUT2D eigenvalue weighted by Gasteiger charge is 2.27. The second-order valence-corrected chi connectivity index (χ2v) is 6.25. The summed E-state index contributed by atoms with van der Waals surface area (Å²) in [4.78, 5) is 11.5. The highest BCUT2D eigenvalue weighted by Crippen LogP contribution is 2.36. The van der Waals surface area contributed by atoms with E-state index in [2.05, 4.69) is 0 Å². The standard InChI is InChI=1S/C11H12ClF2NO5S/c1-19-6-3-4-7(21(12,17)18)10(20-2)9(6)11(16)15-5-8(13)14/h3-4,8H,5H2,1-2H3,(H,15,16). The molecule has 0 bridgehead atoms. The molecule has 0 aliphatic rings. The molecule has 10 heteroatoms. The van der Waals surface area contributed by atoms with Crippen LogP contribution in [0.2, 0.25) is 0 Å². The Morgan fingerprint density at radius 2 is 1.95 bits per heavy atom. The second-order valence-electron chi connectivity index (χ2n) is 3.71. The predicted octanol–water partition coefficient (Wildman–Crippen LogP) is 1.63. The first kappa shape index (κ1) is 17.4. The number of ether oxygens (including phenoxy) is 2. The van der Waals surface area contributed by atoms with Gasteiger partial charge in [0, 0.05) is 10.7 Å². The largest absolute Gasteiger partial charge is 0.496 e. The molecule has 6 nitrogen and oxygen atoms in total. The minimum absolute atomic E-state index is 0.0392. The number of amides is 1. The number of methoxy groups -OCH3 is 2. The van der Waals surface area contributed by atoms with E-state index in [-0.39, 0.29) is 17.1 Å². The molecule has 0 saturated carbocycles. The summed E-state index contributed by atoms with van der Waals surface area (Å²) in [5, 5.41) is 1.94. The summed E-state index contributed by atoms with van der Waals surface area (Å²) in [6, 6.07) is 2.26. The van der Waals surface area contributed by atoms with Crippen molar-refractivity contribution in [1.29, 1.82) is 0 Å². The lowest BCUT2D eigenvalue weighted by molar-refractivity contribution is 0.0885. The highest BCUT2D eigenvalue weighted by atomic mass is 35.7. The fraction of sp³-hybridized carbons (Fsp3) is 0.364.